The van der Waals surface area contributed by atoms with Gasteiger partial charge in [-0.25, -0.2) is 8.42 Å². The van der Waals surface area contributed by atoms with Crippen molar-refractivity contribution < 1.29 is 23.1 Å². The van der Waals surface area contributed by atoms with Gasteiger partial charge < -0.3 is 10.4 Å². The fourth-order valence-corrected chi connectivity index (χ4v) is 2.84. The topological polar surface area (TPSA) is 104 Å². The van der Waals surface area contributed by atoms with E-state index in [0.717, 1.165) is 4.31 Å². The summed E-state index contributed by atoms with van der Waals surface area (Å²) in [5.74, 6) is -1.58. The maximum absolute atomic E-state index is 11.7. The molecular weight excluding hydrogens is 236 g/mol. The Labute approximate surface area is 93.5 Å². The van der Waals surface area contributed by atoms with Gasteiger partial charge >= 0.3 is 5.97 Å². The number of carboxylic acids is 1. The van der Waals surface area contributed by atoms with Gasteiger partial charge in [-0.3, -0.25) is 9.59 Å². The molecule has 2 N–H and O–H groups in total. The minimum absolute atomic E-state index is 0.0653. The van der Waals surface area contributed by atoms with Crippen LogP contribution in [-0.4, -0.2) is 55.1 Å². The average molecular weight is 250 g/mol. The van der Waals surface area contributed by atoms with Crippen molar-refractivity contribution in [3.05, 3.63) is 0 Å². The summed E-state index contributed by atoms with van der Waals surface area (Å²) in [6, 6.07) is 0. The van der Waals surface area contributed by atoms with Gasteiger partial charge in [-0.15, -0.1) is 0 Å². The van der Waals surface area contributed by atoms with E-state index in [9.17, 15) is 18.0 Å². The van der Waals surface area contributed by atoms with Crippen LogP contribution in [0.1, 0.15) is 12.8 Å². The molecule has 0 bridgehead atoms. The van der Waals surface area contributed by atoms with Crippen molar-refractivity contribution in [3.8, 4) is 0 Å². The number of carboxylic acid groups (broad SMARTS) is 1. The molecule has 1 rings (SSSR count). The van der Waals surface area contributed by atoms with Crippen LogP contribution in [-0.2, 0) is 19.6 Å². The van der Waals surface area contributed by atoms with Gasteiger partial charge in [0.15, 0.2) is 0 Å². The molecule has 1 amide bonds. The molecule has 1 aliphatic heterocycles. The monoisotopic (exact) mass is 250 g/mol. The number of rotatable bonds is 5. The number of carbonyl (C=O) groups excluding carboxylic acids is 1. The Balaban J connectivity index is 2.49. The zero-order valence-corrected chi connectivity index (χ0v) is 9.49. The highest BCUT2D eigenvalue weighted by atomic mass is 32.2. The fraction of sp³-hybridized carbons (Fsp3) is 0.750. The minimum Gasteiger partial charge on any atom is -0.481 e. The lowest BCUT2D eigenvalue weighted by molar-refractivity contribution is -0.137. The first-order valence-electron chi connectivity index (χ1n) is 4.88. The molecule has 0 radical (unpaired) electrons. The molecule has 1 heterocycles. The van der Waals surface area contributed by atoms with E-state index in [0.29, 0.717) is 6.54 Å². The van der Waals surface area contributed by atoms with Crippen LogP contribution in [0, 0.1) is 0 Å². The van der Waals surface area contributed by atoms with Crippen molar-refractivity contribution in [1.82, 2.24) is 9.62 Å². The van der Waals surface area contributed by atoms with E-state index < -0.39 is 16.0 Å². The number of sulfonamides is 1. The zero-order chi connectivity index (χ0) is 12.2. The molecular formula is C8H14N2O5S. The first-order valence-corrected chi connectivity index (χ1v) is 6.49. The van der Waals surface area contributed by atoms with E-state index in [2.05, 4.69) is 5.32 Å². The van der Waals surface area contributed by atoms with Crippen molar-refractivity contribution in [2.24, 2.45) is 0 Å². The Hall–Kier alpha value is -1.15. The zero-order valence-electron chi connectivity index (χ0n) is 8.68. The number of piperazine rings is 1. The third-order valence-corrected chi connectivity index (χ3v) is 4.09. The fourth-order valence-electron chi connectivity index (χ4n) is 1.39. The number of hydrogen-bond donors (Lipinski definition) is 2. The third-order valence-electron chi connectivity index (χ3n) is 2.19. The highest BCUT2D eigenvalue weighted by Crippen LogP contribution is 2.06. The number of nitrogens with zero attached hydrogens (tertiary/aromatic N) is 1. The van der Waals surface area contributed by atoms with E-state index in [1.54, 1.807) is 0 Å². The first kappa shape index (κ1) is 12.9. The molecule has 1 fully saturated rings. The molecule has 0 unspecified atom stereocenters. The number of aliphatic carboxylic acids is 1. The molecule has 0 aromatic rings. The van der Waals surface area contributed by atoms with Gasteiger partial charge in [-0.05, 0) is 6.42 Å². The minimum atomic E-state index is -3.50. The van der Waals surface area contributed by atoms with Gasteiger partial charge in [0.2, 0.25) is 15.9 Å². The van der Waals surface area contributed by atoms with Gasteiger partial charge in [-0.2, -0.15) is 4.31 Å². The van der Waals surface area contributed by atoms with E-state index in [1.807, 2.05) is 0 Å². The van der Waals surface area contributed by atoms with Crippen molar-refractivity contribution in [1.29, 1.82) is 0 Å². The van der Waals surface area contributed by atoms with Crippen molar-refractivity contribution in [2.45, 2.75) is 12.8 Å². The lowest BCUT2D eigenvalue weighted by Crippen LogP contribution is -2.50. The quantitative estimate of drug-likeness (QED) is 0.625. The second-order valence-electron chi connectivity index (χ2n) is 3.50. The number of amides is 1. The highest BCUT2D eigenvalue weighted by Gasteiger charge is 2.26. The summed E-state index contributed by atoms with van der Waals surface area (Å²) in [6.45, 7) is 0.382. The Kier molecular flexibility index (Phi) is 4.25. The molecule has 16 heavy (non-hydrogen) atoms. The normalized spacial score (nSPS) is 18.1. The SMILES string of the molecule is O=C(O)CCCS(=O)(=O)N1CCNC(=O)C1. The van der Waals surface area contributed by atoms with Crippen LogP contribution < -0.4 is 5.32 Å². The van der Waals surface area contributed by atoms with Gasteiger partial charge in [0.25, 0.3) is 0 Å². The van der Waals surface area contributed by atoms with Crippen LogP contribution in [0.25, 0.3) is 0 Å². The van der Waals surface area contributed by atoms with Crippen LogP contribution in [0.2, 0.25) is 0 Å². The first-order chi connectivity index (χ1) is 7.42. The molecule has 0 saturated carbocycles. The van der Waals surface area contributed by atoms with Crippen molar-refractivity contribution in [3.63, 3.8) is 0 Å². The predicted molar refractivity (Wildman–Crippen MR) is 55.2 cm³/mol. The number of hydrogen-bond acceptors (Lipinski definition) is 4. The van der Waals surface area contributed by atoms with Gasteiger partial charge in [0, 0.05) is 19.5 Å². The Morgan fingerprint density at radius 1 is 1.50 bits per heavy atom. The molecule has 1 saturated heterocycles. The van der Waals surface area contributed by atoms with Crippen LogP contribution >= 0.6 is 0 Å². The molecule has 0 spiro atoms. The van der Waals surface area contributed by atoms with Crippen molar-refractivity contribution >= 4 is 21.9 Å². The smallest absolute Gasteiger partial charge is 0.303 e. The van der Waals surface area contributed by atoms with Crippen molar-refractivity contribution in [2.75, 3.05) is 25.4 Å². The highest BCUT2D eigenvalue weighted by molar-refractivity contribution is 7.89. The Morgan fingerprint density at radius 3 is 2.75 bits per heavy atom. The summed E-state index contributed by atoms with van der Waals surface area (Å²) >= 11 is 0. The van der Waals surface area contributed by atoms with Crippen LogP contribution in [0.4, 0.5) is 0 Å². The molecule has 8 heteroatoms. The number of carbonyl (C=O) groups is 2. The molecule has 7 nitrogen and oxygen atoms in total. The summed E-state index contributed by atoms with van der Waals surface area (Å²) in [6.07, 6.45) is -0.116. The Bertz CT molecular complexity index is 378. The lowest BCUT2D eigenvalue weighted by Gasteiger charge is -2.25. The molecule has 1 aliphatic rings. The molecule has 0 aliphatic carbocycles. The average Bonchev–Trinajstić information content (AvgIpc) is 2.16. The van der Waals surface area contributed by atoms with E-state index in [4.69, 9.17) is 5.11 Å². The van der Waals surface area contributed by atoms with Crippen LogP contribution in [0.3, 0.4) is 0 Å². The summed E-state index contributed by atoms with van der Waals surface area (Å²) in [7, 11) is -3.50. The summed E-state index contributed by atoms with van der Waals surface area (Å²) < 4.78 is 24.4. The summed E-state index contributed by atoms with van der Waals surface area (Å²) in [5, 5.41) is 10.9. The van der Waals surface area contributed by atoms with E-state index >= 15 is 0 Å². The molecule has 0 aromatic carbocycles. The van der Waals surface area contributed by atoms with Crippen LogP contribution in [0.15, 0.2) is 0 Å². The summed E-state index contributed by atoms with van der Waals surface area (Å²) in [4.78, 5) is 21.2. The maximum Gasteiger partial charge on any atom is 0.303 e. The third kappa shape index (κ3) is 3.78. The molecule has 0 aromatic heterocycles. The molecule has 0 atom stereocenters. The Morgan fingerprint density at radius 2 is 2.19 bits per heavy atom. The molecule has 92 valence electrons. The second-order valence-corrected chi connectivity index (χ2v) is 5.59. The summed E-state index contributed by atoms with van der Waals surface area (Å²) in [5.41, 5.74) is 0. The van der Waals surface area contributed by atoms with Gasteiger partial charge in [0.1, 0.15) is 0 Å². The van der Waals surface area contributed by atoms with Crippen LogP contribution in [0.5, 0.6) is 0 Å². The van der Waals surface area contributed by atoms with E-state index in [-0.39, 0.29) is 37.6 Å². The van der Waals surface area contributed by atoms with Gasteiger partial charge in [0.05, 0.1) is 12.3 Å². The maximum atomic E-state index is 11.7. The lowest BCUT2D eigenvalue weighted by atomic mass is 10.3. The second kappa shape index (κ2) is 5.26. The predicted octanol–water partition coefficient (Wildman–Crippen LogP) is -1.39. The number of nitrogens with one attached hydrogen (secondary N) is 1. The largest absolute Gasteiger partial charge is 0.481 e. The van der Waals surface area contributed by atoms with Gasteiger partial charge in [-0.1, -0.05) is 0 Å². The van der Waals surface area contributed by atoms with E-state index in [1.165, 1.54) is 0 Å². The standard InChI is InChI=1S/C8H14N2O5S/c11-7-6-10(4-3-9-7)16(14,15)5-1-2-8(12)13/h1-6H2,(H,9,11)(H,12,13).